The van der Waals surface area contributed by atoms with E-state index in [4.69, 9.17) is 35.7 Å². The first-order chi connectivity index (χ1) is 19.6. The van der Waals surface area contributed by atoms with Crippen LogP contribution in [0.1, 0.15) is 22.0 Å². The molecule has 1 atom stereocenters. The monoisotopic (exact) mass is 594 g/mol. The maximum atomic E-state index is 14.2. The quantitative estimate of drug-likeness (QED) is 0.167. The number of H-pyrrole nitrogens is 1. The molecule has 9 nitrogen and oxygen atoms in total. The van der Waals surface area contributed by atoms with Gasteiger partial charge in [-0.25, -0.2) is 0 Å². The molecule has 3 N–H and O–H groups in total. The van der Waals surface area contributed by atoms with Crippen LogP contribution < -0.4 is 29.0 Å². The van der Waals surface area contributed by atoms with E-state index in [1.54, 1.807) is 30.3 Å². The Bertz CT molecular complexity index is 1540. The number of aromatic nitrogens is 1. The lowest BCUT2D eigenvalue weighted by molar-refractivity contribution is -0.275. The van der Waals surface area contributed by atoms with Gasteiger partial charge in [0.25, 0.3) is 0 Å². The lowest BCUT2D eigenvalue weighted by Crippen LogP contribution is -2.22. The molecule has 0 amide bonds. The summed E-state index contributed by atoms with van der Waals surface area (Å²) in [5, 5.41) is 12.9. The highest BCUT2D eigenvalue weighted by molar-refractivity contribution is 6.30. The van der Waals surface area contributed by atoms with Crippen LogP contribution in [-0.2, 0) is 0 Å². The predicted molar refractivity (Wildman–Crippen MR) is 146 cm³/mol. The number of rotatable bonds is 12. The first-order valence-electron chi connectivity index (χ1n) is 12.1. The molecule has 0 aliphatic carbocycles. The SMILES string of the molecule is COc1cc(NC(C(=O)c2c[nH]c3cc(OC)c(OC(F)(F)F)cc23)c2ccc(Cl)cc2OC)cc(OCCO)c1. The summed E-state index contributed by atoms with van der Waals surface area (Å²) in [7, 11) is 4.08. The fourth-order valence-corrected chi connectivity index (χ4v) is 4.41. The zero-order chi connectivity index (χ0) is 29.7. The van der Waals surface area contributed by atoms with Crippen LogP contribution in [0.3, 0.4) is 0 Å². The van der Waals surface area contributed by atoms with E-state index in [0.29, 0.717) is 39.0 Å². The van der Waals surface area contributed by atoms with Gasteiger partial charge in [0.05, 0.1) is 33.5 Å². The number of hydrogen-bond acceptors (Lipinski definition) is 8. The number of carbonyl (C=O) groups is 1. The van der Waals surface area contributed by atoms with E-state index in [2.05, 4.69) is 15.0 Å². The molecular formula is C28H26ClF3N2O7. The fraction of sp³-hybridized carbons (Fsp3) is 0.250. The zero-order valence-corrected chi connectivity index (χ0v) is 22.9. The second kappa shape index (κ2) is 12.5. The number of nitrogens with one attached hydrogen (secondary N) is 2. The van der Waals surface area contributed by atoms with E-state index in [0.717, 1.165) is 6.07 Å². The first-order valence-corrected chi connectivity index (χ1v) is 12.5. The number of fused-ring (bicyclic) bond motifs is 1. The molecule has 0 aliphatic heterocycles. The predicted octanol–water partition coefficient (Wildman–Crippen LogP) is 6.15. The number of aromatic amines is 1. The molecule has 0 fully saturated rings. The maximum Gasteiger partial charge on any atom is 0.573 e. The number of aliphatic hydroxyl groups is 1. The largest absolute Gasteiger partial charge is 0.573 e. The Morgan fingerprint density at radius 1 is 0.976 bits per heavy atom. The molecule has 0 saturated heterocycles. The van der Waals surface area contributed by atoms with Crippen LogP contribution in [0.25, 0.3) is 10.9 Å². The molecular weight excluding hydrogens is 569 g/mol. The van der Waals surface area contributed by atoms with Crippen LogP contribution in [0.5, 0.6) is 28.7 Å². The third-order valence-electron chi connectivity index (χ3n) is 6.01. The molecule has 0 saturated carbocycles. The van der Waals surface area contributed by atoms with E-state index in [1.807, 2.05) is 0 Å². The van der Waals surface area contributed by atoms with E-state index < -0.39 is 23.9 Å². The van der Waals surface area contributed by atoms with Gasteiger partial charge in [-0.2, -0.15) is 0 Å². The van der Waals surface area contributed by atoms with Gasteiger partial charge in [0.15, 0.2) is 17.3 Å². The van der Waals surface area contributed by atoms with Gasteiger partial charge in [-0.05, 0) is 18.2 Å². The number of alkyl halides is 3. The van der Waals surface area contributed by atoms with E-state index in [1.165, 1.54) is 39.7 Å². The van der Waals surface area contributed by atoms with Crippen LogP contribution in [0.15, 0.2) is 54.7 Å². The molecule has 13 heteroatoms. The number of anilines is 1. The van der Waals surface area contributed by atoms with E-state index in [-0.39, 0.29) is 29.9 Å². The number of Topliss-reactive ketones (excluding diaryl/α,β-unsaturated/α-hetero) is 1. The minimum Gasteiger partial charge on any atom is -0.497 e. The highest BCUT2D eigenvalue weighted by Gasteiger charge is 2.34. The van der Waals surface area contributed by atoms with Gasteiger partial charge in [-0.15, -0.1) is 13.2 Å². The molecule has 0 bridgehead atoms. The summed E-state index contributed by atoms with van der Waals surface area (Å²) in [5.41, 5.74) is 1.24. The van der Waals surface area contributed by atoms with Gasteiger partial charge in [-0.1, -0.05) is 17.7 Å². The minimum atomic E-state index is -4.98. The summed E-state index contributed by atoms with van der Waals surface area (Å²) in [6.07, 6.45) is -3.59. The normalized spacial score (nSPS) is 12.1. The summed E-state index contributed by atoms with van der Waals surface area (Å²) in [5.74, 6) is -0.218. The average molecular weight is 595 g/mol. The number of carbonyl (C=O) groups excluding carboxylic acids is 1. The number of benzene rings is 3. The topological polar surface area (TPSA) is 111 Å². The van der Waals surface area contributed by atoms with Crippen LogP contribution in [0.4, 0.5) is 18.9 Å². The highest BCUT2D eigenvalue weighted by Crippen LogP contribution is 2.40. The second-order valence-corrected chi connectivity index (χ2v) is 9.03. The van der Waals surface area contributed by atoms with Crippen molar-refractivity contribution in [1.29, 1.82) is 0 Å². The number of ether oxygens (including phenoxy) is 5. The molecule has 0 aliphatic rings. The van der Waals surface area contributed by atoms with Crippen LogP contribution in [0.2, 0.25) is 5.02 Å². The third kappa shape index (κ3) is 6.90. The molecule has 4 rings (SSSR count). The Hall–Kier alpha value is -4.29. The lowest BCUT2D eigenvalue weighted by atomic mass is 9.95. The number of hydrogen-bond donors (Lipinski definition) is 3. The smallest absolute Gasteiger partial charge is 0.497 e. The molecule has 1 heterocycles. The highest BCUT2D eigenvalue weighted by atomic mass is 35.5. The van der Waals surface area contributed by atoms with Gasteiger partial charge in [0, 0.05) is 57.7 Å². The van der Waals surface area contributed by atoms with Crippen molar-refractivity contribution >= 4 is 34.0 Å². The van der Waals surface area contributed by atoms with Crippen molar-refractivity contribution in [2.75, 3.05) is 39.9 Å². The van der Waals surface area contributed by atoms with Crippen LogP contribution in [0, 0.1) is 0 Å². The molecule has 41 heavy (non-hydrogen) atoms. The Morgan fingerprint density at radius 2 is 1.71 bits per heavy atom. The number of ketones is 1. The standard InChI is InChI=1S/C28H26ClF3N2O7/c1-37-17-9-16(10-18(11-17)40-7-6-35)34-26(19-5-4-15(29)8-23(19)38-2)27(36)21-14-33-22-13-24(39-3)25(12-20(21)22)41-28(30,31)32/h4-5,8-14,26,33-35H,6-7H2,1-3H3. The lowest BCUT2D eigenvalue weighted by Gasteiger charge is -2.22. The van der Waals surface area contributed by atoms with E-state index >= 15 is 0 Å². The number of aliphatic hydroxyl groups excluding tert-OH is 1. The Labute approximate surface area is 237 Å². The van der Waals surface area contributed by atoms with Crippen LogP contribution >= 0.6 is 11.6 Å². The molecule has 4 aromatic rings. The second-order valence-electron chi connectivity index (χ2n) is 8.60. The summed E-state index contributed by atoms with van der Waals surface area (Å²) in [6.45, 7) is -0.185. The molecule has 0 radical (unpaired) electrons. The zero-order valence-electron chi connectivity index (χ0n) is 22.1. The van der Waals surface area contributed by atoms with Gasteiger partial charge in [0.2, 0.25) is 0 Å². The maximum absolute atomic E-state index is 14.2. The molecule has 1 aromatic heterocycles. The Balaban J connectivity index is 1.84. The summed E-state index contributed by atoms with van der Waals surface area (Å²) < 4.78 is 64.9. The van der Waals surface area contributed by atoms with Crippen molar-refractivity contribution in [3.05, 3.63) is 70.9 Å². The van der Waals surface area contributed by atoms with Crippen molar-refractivity contribution in [2.45, 2.75) is 12.4 Å². The van der Waals surface area contributed by atoms with Gasteiger partial charge in [0.1, 0.15) is 29.9 Å². The van der Waals surface area contributed by atoms with Crippen molar-refractivity contribution in [1.82, 2.24) is 4.98 Å². The van der Waals surface area contributed by atoms with Crippen molar-refractivity contribution in [3.8, 4) is 28.7 Å². The van der Waals surface area contributed by atoms with Gasteiger partial charge < -0.3 is 39.1 Å². The van der Waals surface area contributed by atoms with Gasteiger partial charge in [-0.3, -0.25) is 4.79 Å². The van der Waals surface area contributed by atoms with Crippen molar-refractivity contribution < 1.29 is 46.8 Å². The molecule has 218 valence electrons. The third-order valence-corrected chi connectivity index (χ3v) is 6.25. The van der Waals surface area contributed by atoms with Gasteiger partial charge >= 0.3 is 6.36 Å². The number of halogens is 4. The molecule has 3 aromatic carbocycles. The van der Waals surface area contributed by atoms with Crippen molar-refractivity contribution in [2.24, 2.45) is 0 Å². The molecule has 0 spiro atoms. The minimum absolute atomic E-state index is 0.0289. The summed E-state index contributed by atoms with van der Waals surface area (Å²) in [4.78, 5) is 17.1. The Kier molecular flexibility index (Phi) is 9.04. The summed E-state index contributed by atoms with van der Waals surface area (Å²) >= 11 is 6.16. The average Bonchev–Trinajstić information content (AvgIpc) is 3.35. The van der Waals surface area contributed by atoms with E-state index in [9.17, 15) is 18.0 Å². The number of methoxy groups -OCH3 is 3. The molecule has 1 unspecified atom stereocenters. The Morgan fingerprint density at radius 3 is 2.37 bits per heavy atom. The summed E-state index contributed by atoms with van der Waals surface area (Å²) in [6, 6.07) is 10.9. The van der Waals surface area contributed by atoms with Crippen molar-refractivity contribution in [3.63, 3.8) is 0 Å². The first kappa shape index (κ1) is 29.7. The van der Waals surface area contributed by atoms with Crippen LogP contribution in [-0.4, -0.2) is 56.8 Å². The fourth-order valence-electron chi connectivity index (χ4n) is 4.25.